The van der Waals surface area contributed by atoms with Gasteiger partial charge >= 0.3 is 0 Å². The Labute approximate surface area is 145 Å². The van der Waals surface area contributed by atoms with E-state index < -0.39 is 0 Å². The average molecular weight is 337 g/mol. The number of hydrogen-bond acceptors (Lipinski definition) is 6. The molecule has 0 radical (unpaired) electrons. The van der Waals surface area contributed by atoms with Crippen LogP contribution in [-0.2, 0) is 0 Å². The van der Waals surface area contributed by atoms with E-state index in [0.717, 1.165) is 29.9 Å². The summed E-state index contributed by atoms with van der Waals surface area (Å²) in [5, 5.41) is 4.66. The van der Waals surface area contributed by atoms with Crippen LogP contribution in [0.25, 0.3) is 11.1 Å². The van der Waals surface area contributed by atoms with Crippen molar-refractivity contribution in [2.24, 2.45) is 0 Å². The van der Waals surface area contributed by atoms with Crippen LogP contribution in [0.3, 0.4) is 0 Å². The molecule has 0 N–H and O–H groups in total. The van der Waals surface area contributed by atoms with Crippen LogP contribution in [0.15, 0.2) is 23.0 Å². The Morgan fingerprint density at radius 2 is 2.04 bits per heavy atom. The number of carbonyl (C=O) groups excluding carboxylic acids is 1. The summed E-state index contributed by atoms with van der Waals surface area (Å²) in [6.07, 6.45) is 5.31. The first-order valence-corrected chi connectivity index (χ1v) is 8.37. The normalized spacial score (nSPS) is 17.4. The standard InChI is InChI=1S/C18H19N5O2/c1-10-7-13(16-12(3)22-25-17(16)21-10)18(24)23-6-4-5-15(23)14-9-19-8-11(2)20-14/h7-9,15H,4-6H2,1-3H3/t15-/m1/s1. The molecule has 3 aromatic heterocycles. The summed E-state index contributed by atoms with van der Waals surface area (Å²) in [5.74, 6) is -0.0346. The van der Waals surface area contributed by atoms with E-state index in [1.807, 2.05) is 31.7 Å². The number of amides is 1. The summed E-state index contributed by atoms with van der Waals surface area (Å²) >= 11 is 0. The zero-order valence-electron chi connectivity index (χ0n) is 14.5. The number of nitrogens with zero attached hydrogens (tertiary/aromatic N) is 5. The van der Waals surface area contributed by atoms with Crippen molar-refractivity contribution in [2.75, 3.05) is 6.54 Å². The Morgan fingerprint density at radius 1 is 1.20 bits per heavy atom. The van der Waals surface area contributed by atoms with Gasteiger partial charge < -0.3 is 9.42 Å². The first-order chi connectivity index (χ1) is 12.0. The minimum Gasteiger partial charge on any atom is -0.336 e. The molecule has 1 amide bonds. The van der Waals surface area contributed by atoms with E-state index >= 15 is 0 Å². The average Bonchev–Trinajstić information content (AvgIpc) is 3.21. The Balaban J connectivity index is 1.77. The number of aryl methyl sites for hydroxylation is 3. The molecule has 1 saturated heterocycles. The quantitative estimate of drug-likeness (QED) is 0.715. The van der Waals surface area contributed by atoms with Crippen molar-refractivity contribution in [2.45, 2.75) is 39.7 Å². The molecule has 1 aliphatic rings. The molecule has 4 rings (SSSR count). The second-order valence-corrected chi connectivity index (χ2v) is 6.50. The smallest absolute Gasteiger partial charge is 0.258 e. The third kappa shape index (κ3) is 2.65. The van der Waals surface area contributed by atoms with Crippen LogP contribution in [0.1, 0.15) is 52.0 Å². The monoisotopic (exact) mass is 337 g/mol. The highest BCUT2D eigenvalue weighted by Crippen LogP contribution is 2.33. The zero-order valence-corrected chi connectivity index (χ0v) is 14.5. The number of fused-ring (bicyclic) bond motifs is 1. The third-order valence-corrected chi connectivity index (χ3v) is 4.60. The van der Waals surface area contributed by atoms with Crippen LogP contribution < -0.4 is 0 Å². The molecule has 0 bridgehead atoms. The maximum absolute atomic E-state index is 13.3. The number of pyridine rings is 1. The molecule has 7 nitrogen and oxygen atoms in total. The van der Waals surface area contributed by atoms with Gasteiger partial charge in [-0.15, -0.1) is 0 Å². The van der Waals surface area contributed by atoms with E-state index in [9.17, 15) is 4.79 Å². The molecule has 0 aromatic carbocycles. The third-order valence-electron chi connectivity index (χ3n) is 4.60. The van der Waals surface area contributed by atoms with Crippen LogP contribution in [0, 0.1) is 20.8 Å². The van der Waals surface area contributed by atoms with Crippen LogP contribution in [-0.4, -0.2) is 37.5 Å². The highest BCUT2D eigenvalue weighted by atomic mass is 16.5. The Bertz CT molecular complexity index is 965. The van der Waals surface area contributed by atoms with Crippen LogP contribution in [0.5, 0.6) is 0 Å². The van der Waals surface area contributed by atoms with Gasteiger partial charge in [-0.05, 0) is 39.7 Å². The predicted octanol–water partition coefficient (Wildman–Crippen LogP) is 2.92. The second kappa shape index (κ2) is 5.91. The molecule has 7 heteroatoms. The van der Waals surface area contributed by atoms with E-state index in [4.69, 9.17) is 4.52 Å². The van der Waals surface area contributed by atoms with Gasteiger partial charge in [0.05, 0.1) is 40.3 Å². The molecule has 1 atom stereocenters. The molecule has 3 aromatic rings. The van der Waals surface area contributed by atoms with Crippen molar-refractivity contribution in [1.29, 1.82) is 0 Å². The maximum Gasteiger partial charge on any atom is 0.258 e. The molecule has 0 saturated carbocycles. The number of carbonyl (C=O) groups is 1. The van der Waals surface area contributed by atoms with Crippen molar-refractivity contribution >= 4 is 17.0 Å². The number of aromatic nitrogens is 4. The summed E-state index contributed by atoms with van der Waals surface area (Å²) in [4.78, 5) is 28.3. The first-order valence-electron chi connectivity index (χ1n) is 8.37. The van der Waals surface area contributed by atoms with Crippen molar-refractivity contribution in [3.63, 3.8) is 0 Å². The maximum atomic E-state index is 13.3. The number of hydrogen-bond donors (Lipinski definition) is 0. The molecule has 1 aliphatic heterocycles. The van der Waals surface area contributed by atoms with Gasteiger partial charge in [0, 0.05) is 18.4 Å². The molecule has 0 aliphatic carbocycles. The fourth-order valence-electron chi connectivity index (χ4n) is 3.50. The molecular weight excluding hydrogens is 318 g/mol. The lowest BCUT2D eigenvalue weighted by molar-refractivity contribution is 0.0734. The Kier molecular flexibility index (Phi) is 3.71. The summed E-state index contributed by atoms with van der Waals surface area (Å²) < 4.78 is 5.26. The molecule has 0 unspecified atom stereocenters. The Hall–Kier alpha value is -2.83. The SMILES string of the molecule is Cc1cncc([C@H]2CCCN2C(=O)c2cc(C)nc3onc(C)c23)n1. The van der Waals surface area contributed by atoms with Crippen molar-refractivity contribution in [3.05, 3.63) is 46.8 Å². The van der Waals surface area contributed by atoms with Gasteiger partial charge in [-0.1, -0.05) is 5.16 Å². The minimum absolute atomic E-state index is 0.0346. The highest BCUT2D eigenvalue weighted by Gasteiger charge is 2.33. The molecule has 1 fully saturated rings. The summed E-state index contributed by atoms with van der Waals surface area (Å²) in [5.41, 5.74) is 4.11. The minimum atomic E-state index is -0.0522. The molecular formula is C18H19N5O2. The fraction of sp³-hybridized carbons (Fsp3) is 0.389. The first kappa shape index (κ1) is 15.7. The molecule has 4 heterocycles. The van der Waals surface area contributed by atoms with Gasteiger partial charge in [0.25, 0.3) is 11.6 Å². The fourth-order valence-corrected chi connectivity index (χ4v) is 3.50. The van der Waals surface area contributed by atoms with E-state index in [-0.39, 0.29) is 11.9 Å². The van der Waals surface area contributed by atoms with Gasteiger partial charge in [-0.3, -0.25) is 14.8 Å². The van der Waals surface area contributed by atoms with E-state index in [2.05, 4.69) is 20.1 Å². The Morgan fingerprint density at radius 3 is 2.84 bits per heavy atom. The van der Waals surface area contributed by atoms with Crippen molar-refractivity contribution in [3.8, 4) is 0 Å². The predicted molar refractivity (Wildman–Crippen MR) is 91.1 cm³/mol. The topological polar surface area (TPSA) is 85.0 Å². The van der Waals surface area contributed by atoms with Gasteiger partial charge in [0.1, 0.15) is 0 Å². The summed E-state index contributed by atoms with van der Waals surface area (Å²) in [6.45, 7) is 6.29. The van der Waals surface area contributed by atoms with Gasteiger partial charge in [-0.2, -0.15) is 0 Å². The molecule has 0 spiro atoms. The van der Waals surface area contributed by atoms with E-state index in [0.29, 0.717) is 28.9 Å². The van der Waals surface area contributed by atoms with Crippen molar-refractivity contribution in [1.82, 2.24) is 25.0 Å². The molecule has 25 heavy (non-hydrogen) atoms. The number of rotatable bonds is 2. The van der Waals surface area contributed by atoms with Crippen molar-refractivity contribution < 1.29 is 9.32 Å². The van der Waals surface area contributed by atoms with Gasteiger partial charge in [0.15, 0.2) is 0 Å². The molecule has 128 valence electrons. The number of likely N-dealkylation sites (tertiary alicyclic amines) is 1. The lowest BCUT2D eigenvalue weighted by Crippen LogP contribution is -2.31. The second-order valence-electron chi connectivity index (χ2n) is 6.50. The van der Waals surface area contributed by atoms with Gasteiger partial charge in [-0.25, -0.2) is 4.98 Å². The largest absolute Gasteiger partial charge is 0.336 e. The van der Waals surface area contributed by atoms with Gasteiger partial charge in [0.2, 0.25) is 0 Å². The lowest BCUT2D eigenvalue weighted by atomic mass is 10.1. The van der Waals surface area contributed by atoms with E-state index in [1.54, 1.807) is 12.4 Å². The lowest BCUT2D eigenvalue weighted by Gasteiger charge is -2.24. The van der Waals surface area contributed by atoms with Crippen LogP contribution in [0.2, 0.25) is 0 Å². The zero-order chi connectivity index (χ0) is 17.6. The highest BCUT2D eigenvalue weighted by molar-refractivity contribution is 6.06. The summed E-state index contributed by atoms with van der Waals surface area (Å²) in [7, 11) is 0. The van der Waals surface area contributed by atoms with Crippen LogP contribution in [0.4, 0.5) is 0 Å². The van der Waals surface area contributed by atoms with Crippen LogP contribution >= 0.6 is 0 Å². The summed E-state index contributed by atoms with van der Waals surface area (Å²) in [6, 6.07) is 1.76. The van der Waals surface area contributed by atoms with E-state index in [1.165, 1.54) is 0 Å².